The molecule has 0 saturated carbocycles. The molecule has 38 heavy (non-hydrogen) atoms. The van der Waals surface area contributed by atoms with E-state index >= 15 is 0 Å². The zero-order valence-electron chi connectivity index (χ0n) is 21.3. The van der Waals surface area contributed by atoms with Crippen LogP contribution in [0.3, 0.4) is 0 Å². The lowest BCUT2D eigenvalue weighted by molar-refractivity contribution is -0.140. The molecule has 0 radical (unpaired) electrons. The average Bonchev–Trinajstić information content (AvgIpc) is 3.51. The molecule has 0 unspecified atom stereocenters. The molecule has 0 bridgehead atoms. The lowest BCUT2D eigenvalue weighted by atomic mass is 10.00. The third kappa shape index (κ3) is 5.52. The summed E-state index contributed by atoms with van der Waals surface area (Å²) in [4.78, 5) is 23.0. The van der Waals surface area contributed by atoms with E-state index < -0.39 is 10.0 Å². The summed E-state index contributed by atoms with van der Waals surface area (Å²) in [7, 11) is -2.34. The van der Waals surface area contributed by atoms with Crippen molar-refractivity contribution in [1.82, 2.24) is 34.4 Å². The van der Waals surface area contributed by atoms with Gasteiger partial charge in [0.05, 0.1) is 25.0 Å². The van der Waals surface area contributed by atoms with Gasteiger partial charge in [0, 0.05) is 50.2 Å². The van der Waals surface area contributed by atoms with E-state index in [9.17, 15) is 13.2 Å². The number of hydrogen-bond acceptors (Lipinski definition) is 8. The fraction of sp³-hybridized carbons (Fsp3) is 0.320. The molecular formula is C25H28N8O4S. The minimum atomic E-state index is -3.97. The zero-order chi connectivity index (χ0) is 26.9. The van der Waals surface area contributed by atoms with Gasteiger partial charge < -0.3 is 9.64 Å². The van der Waals surface area contributed by atoms with E-state index in [4.69, 9.17) is 4.74 Å². The highest BCUT2D eigenvalue weighted by Gasteiger charge is 2.32. The van der Waals surface area contributed by atoms with Crippen LogP contribution in [-0.2, 0) is 28.4 Å². The van der Waals surface area contributed by atoms with Gasteiger partial charge in [0.25, 0.3) is 10.0 Å². The van der Waals surface area contributed by atoms with Crippen molar-refractivity contribution in [2.75, 3.05) is 17.8 Å². The number of sulfonamides is 1. The number of ether oxygens (including phenoxy) is 1. The maximum atomic E-state index is 12.9. The number of amides is 1. The Morgan fingerprint density at radius 1 is 1.13 bits per heavy atom. The molecule has 1 aliphatic heterocycles. The van der Waals surface area contributed by atoms with Crippen molar-refractivity contribution >= 4 is 21.9 Å². The summed E-state index contributed by atoms with van der Waals surface area (Å²) in [6, 6.07) is 9.38. The second-order valence-electron chi connectivity index (χ2n) is 9.19. The second-order valence-corrected chi connectivity index (χ2v) is 10.9. The van der Waals surface area contributed by atoms with Gasteiger partial charge in [-0.1, -0.05) is 18.2 Å². The predicted molar refractivity (Wildman–Crippen MR) is 139 cm³/mol. The molecule has 1 amide bonds. The van der Waals surface area contributed by atoms with Crippen LogP contribution in [-0.4, -0.2) is 67.9 Å². The number of aryl methyl sites for hydroxylation is 4. The highest BCUT2D eigenvalue weighted by Crippen LogP contribution is 2.30. The smallest absolute Gasteiger partial charge is 0.267 e. The Labute approximate surface area is 220 Å². The Balaban J connectivity index is 1.34. The number of carbonyl (C=O) groups excluding carboxylic acids is 1. The molecule has 1 N–H and O–H groups in total. The van der Waals surface area contributed by atoms with Crippen LogP contribution in [0.4, 0.5) is 5.95 Å². The van der Waals surface area contributed by atoms with E-state index in [1.165, 1.54) is 17.1 Å². The van der Waals surface area contributed by atoms with Gasteiger partial charge in [-0.05, 0) is 31.0 Å². The Morgan fingerprint density at radius 3 is 2.55 bits per heavy atom. The van der Waals surface area contributed by atoms with Crippen LogP contribution in [0.2, 0.25) is 0 Å². The summed E-state index contributed by atoms with van der Waals surface area (Å²) >= 11 is 0. The number of carbonyl (C=O) groups is 1. The lowest BCUT2D eigenvalue weighted by Crippen LogP contribution is -2.56. The molecule has 1 saturated heterocycles. The summed E-state index contributed by atoms with van der Waals surface area (Å²) in [5, 5.41) is 8.05. The van der Waals surface area contributed by atoms with Gasteiger partial charge in [-0.25, -0.2) is 18.1 Å². The maximum Gasteiger partial charge on any atom is 0.267 e. The Kier molecular flexibility index (Phi) is 6.85. The van der Waals surface area contributed by atoms with E-state index in [0.717, 1.165) is 16.7 Å². The molecule has 5 rings (SSSR count). The molecule has 0 atom stereocenters. The SMILES string of the molecule is Cc1cccc(C)c1-c1cc(OC2CN(C(=O)CCn3cccn3)C2)nc(NS(=O)(=O)c2cnn(C)c2)n1. The summed E-state index contributed by atoms with van der Waals surface area (Å²) in [5.74, 6) is 0.120. The third-order valence-electron chi connectivity index (χ3n) is 6.26. The van der Waals surface area contributed by atoms with Crippen molar-refractivity contribution in [3.05, 3.63) is 66.2 Å². The van der Waals surface area contributed by atoms with Gasteiger partial charge in [0.15, 0.2) is 0 Å². The van der Waals surface area contributed by atoms with Crippen LogP contribution >= 0.6 is 0 Å². The first-order valence-electron chi connectivity index (χ1n) is 12.1. The molecule has 4 heterocycles. The number of nitrogens with one attached hydrogen (secondary N) is 1. The summed E-state index contributed by atoms with van der Waals surface area (Å²) in [5.41, 5.74) is 3.35. The minimum Gasteiger partial charge on any atom is -0.470 e. The fourth-order valence-electron chi connectivity index (χ4n) is 4.28. The summed E-state index contributed by atoms with van der Waals surface area (Å²) in [6.07, 6.45) is 6.21. The molecule has 198 valence electrons. The maximum absolute atomic E-state index is 12.9. The van der Waals surface area contributed by atoms with Crippen LogP contribution in [0.1, 0.15) is 17.5 Å². The molecule has 13 heteroatoms. The first-order chi connectivity index (χ1) is 18.2. The molecule has 4 aromatic rings. The number of benzene rings is 1. The van der Waals surface area contributed by atoms with Crippen LogP contribution in [0.5, 0.6) is 5.88 Å². The van der Waals surface area contributed by atoms with Crippen molar-refractivity contribution in [2.45, 2.75) is 37.8 Å². The van der Waals surface area contributed by atoms with Crippen molar-refractivity contribution in [3.63, 3.8) is 0 Å². The third-order valence-corrected chi connectivity index (χ3v) is 7.54. The fourth-order valence-corrected chi connectivity index (χ4v) is 5.21. The lowest BCUT2D eigenvalue weighted by Gasteiger charge is -2.38. The molecule has 0 aliphatic carbocycles. The van der Waals surface area contributed by atoms with E-state index in [1.807, 2.05) is 44.3 Å². The normalized spacial score (nSPS) is 13.8. The Hall–Kier alpha value is -4.26. The summed E-state index contributed by atoms with van der Waals surface area (Å²) in [6.45, 7) is 5.26. The minimum absolute atomic E-state index is 0.00759. The monoisotopic (exact) mass is 536 g/mol. The Bertz CT molecular complexity index is 1540. The van der Waals surface area contributed by atoms with Gasteiger partial charge in [0.2, 0.25) is 17.7 Å². The molecule has 1 aliphatic rings. The molecule has 12 nitrogen and oxygen atoms in total. The Morgan fingerprint density at radius 2 is 1.89 bits per heavy atom. The zero-order valence-corrected chi connectivity index (χ0v) is 22.1. The van der Waals surface area contributed by atoms with Crippen LogP contribution in [0.15, 0.2) is 60.0 Å². The number of hydrogen-bond donors (Lipinski definition) is 1. The van der Waals surface area contributed by atoms with Crippen molar-refractivity contribution in [1.29, 1.82) is 0 Å². The van der Waals surface area contributed by atoms with Gasteiger partial charge >= 0.3 is 0 Å². The molecule has 3 aromatic heterocycles. The van der Waals surface area contributed by atoms with Crippen molar-refractivity contribution in [2.24, 2.45) is 7.05 Å². The number of anilines is 1. The number of rotatable bonds is 9. The van der Waals surface area contributed by atoms with Gasteiger partial charge in [-0.15, -0.1) is 0 Å². The van der Waals surface area contributed by atoms with Crippen LogP contribution in [0, 0.1) is 13.8 Å². The molecular weight excluding hydrogens is 508 g/mol. The standard InChI is InChI=1S/C25H28N8O4S/c1-17-6-4-7-18(2)24(17)21-12-22(29-25(28-21)30-38(35,36)20-13-27-31(3)16-20)37-19-14-32(15-19)23(34)8-11-33-10-5-9-26-33/h4-7,9-10,12-13,16,19H,8,11,14-15H2,1-3H3,(H,28,29,30). The van der Waals surface area contributed by atoms with Gasteiger partial charge in [-0.2, -0.15) is 15.2 Å². The van der Waals surface area contributed by atoms with E-state index in [0.29, 0.717) is 31.7 Å². The highest BCUT2D eigenvalue weighted by atomic mass is 32.2. The second kappa shape index (κ2) is 10.2. The first kappa shape index (κ1) is 25.4. The van der Waals surface area contributed by atoms with Gasteiger partial charge in [0.1, 0.15) is 11.0 Å². The van der Waals surface area contributed by atoms with E-state index in [-0.39, 0.29) is 28.7 Å². The quantitative estimate of drug-likeness (QED) is 0.344. The molecule has 1 fully saturated rings. The van der Waals surface area contributed by atoms with Gasteiger partial charge in [-0.3, -0.25) is 14.2 Å². The van der Waals surface area contributed by atoms with Crippen LogP contribution < -0.4 is 9.46 Å². The molecule has 1 aromatic carbocycles. The highest BCUT2D eigenvalue weighted by molar-refractivity contribution is 7.92. The topological polar surface area (TPSA) is 137 Å². The first-order valence-corrected chi connectivity index (χ1v) is 13.6. The largest absolute Gasteiger partial charge is 0.470 e. The van der Waals surface area contributed by atoms with E-state index in [1.54, 1.807) is 28.9 Å². The average molecular weight is 537 g/mol. The predicted octanol–water partition coefficient (Wildman–Crippen LogP) is 2.17. The van der Waals surface area contributed by atoms with Crippen LogP contribution in [0.25, 0.3) is 11.3 Å². The summed E-state index contributed by atoms with van der Waals surface area (Å²) < 4.78 is 37.5. The van der Waals surface area contributed by atoms with Crippen molar-refractivity contribution < 1.29 is 17.9 Å². The number of likely N-dealkylation sites (tertiary alicyclic amines) is 1. The molecule has 0 spiro atoms. The van der Waals surface area contributed by atoms with Crippen molar-refractivity contribution in [3.8, 4) is 17.1 Å². The number of aromatic nitrogens is 6. The number of nitrogens with zero attached hydrogens (tertiary/aromatic N) is 7. The van der Waals surface area contributed by atoms with E-state index in [2.05, 4.69) is 24.9 Å².